The van der Waals surface area contributed by atoms with Crippen molar-refractivity contribution in [3.63, 3.8) is 0 Å². The molecule has 3 rings (SSSR count). The summed E-state index contributed by atoms with van der Waals surface area (Å²) in [6.07, 6.45) is 4.67. The zero-order valence-electron chi connectivity index (χ0n) is 9.17. The first-order chi connectivity index (χ1) is 7.75. The molecule has 6 nitrogen and oxygen atoms in total. The Kier molecular flexibility index (Phi) is 2.03. The van der Waals surface area contributed by atoms with E-state index in [0.29, 0.717) is 0 Å². The highest BCUT2D eigenvalue weighted by atomic mass is 15.3. The number of nitrogens with zero attached hydrogens (tertiary/aromatic N) is 5. The van der Waals surface area contributed by atoms with E-state index in [-0.39, 0.29) is 6.04 Å². The highest BCUT2D eigenvalue weighted by molar-refractivity contribution is 5.64. The molecule has 2 N–H and O–H groups in total. The van der Waals surface area contributed by atoms with E-state index in [1.807, 2.05) is 17.5 Å². The summed E-state index contributed by atoms with van der Waals surface area (Å²) in [6.45, 7) is 3.72. The number of aryl methyl sites for hydroxylation is 1. The molecule has 6 heteroatoms. The van der Waals surface area contributed by atoms with E-state index >= 15 is 0 Å². The monoisotopic (exact) mass is 218 g/mol. The van der Waals surface area contributed by atoms with Crippen molar-refractivity contribution in [3.8, 4) is 0 Å². The second-order valence-electron chi connectivity index (χ2n) is 4.19. The summed E-state index contributed by atoms with van der Waals surface area (Å²) in [5.41, 5.74) is 6.71. The van der Waals surface area contributed by atoms with Crippen molar-refractivity contribution >= 4 is 11.5 Å². The Balaban J connectivity index is 2.09. The van der Waals surface area contributed by atoms with E-state index in [1.54, 1.807) is 6.20 Å². The van der Waals surface area contributed by atoms with Crippen molar-refractivity contribution in [3.05, 3.63) is 18.2 Å². The van der Waals surface area contributed by atoms with Gasteiger partial charge in [-0.2, -0.15) is 0 Å². The van der Waals surface area contributed by atoms with Crippen LogP contribution in [0.4, 0.5) is 5.82 Å². The van der Waals surface area contributed by atoms with E-state index in [0.717, 1.165) is 36.8 Å². The smallest absolute Gasteiger partial charge is 0.203 e. The van der Waals surface area contributed by atoms with Gasteiger partial charge >= 0.3 is 0 Å². The minimum atomic E-state index is 0.242. The molecule has 84 valence electrons. The van der Waals surface area contributed by atoms with Gasteiger partial charge in [0.15, 0.2) is 5.82 Å². The Morgan fingerprint density at radius 2 is 2.31 bits per heavy atom. The average molecular weight is 218 g/mol. The number of anilines is 1. The summed E-state index contributed by atoms with van der Waals surface area (Å²) in [5.74, 6) is 1.76. The molecule has 0 amide bonds. The topological polar surface area (TPSA) is 72.3 Å². The standard InChI is InChI=1S/C10H14N6/c1-7-13-14-10-9(12-3-5-16(7)10)15-4-2-8(11)6-15/h3,5,8H,2,4,6,11H2,1H3. The van der Waals surface area contributed by atoms with Gasteiger partial charge in [-0.3, -0.25) is 4.40 Å². The van der Waals surface area contributed by atoms with Gasteiger partial charge in [-0.05, 0) is 13.3 Å². The molecule has 0 saturated carbocycles. The predicted molar refractivity (Wildman–Crippen MR) is 60.3 cm³/mol. The Morgan fingerprint density at radius 3 is 3.06 bits per heavy atom. The zero-order valence-corrected chi connectivity index (χ0v) is 9.17. The van der Waals surface area contributed by atoms with Crippen molar-refractivity contribution < 1.29 is 0 Å². The highest BCUT2D eigenvalue weighted by Gasteiger charge is 2.23. The van der Waals surface area contributed by atoms with Crippen molar-refractivity contribution in [2.75, 3.05) is 18.0 Å². The molecule has 3 heterocycles. The number of rotatable bonds is 1. The molecule has 2 aromatic heterocycles. The Hall–Kier alpha value is -1.69. The normalized spacial score (nSPS) is 20.9. The Morgan fingerprint density at radius 1 is 1.44 bits per heavy atom. The molecular formula is C10H14N6. The summed E-state index contributed by atoms with van der Waals surface area (Å²) in [5, 5.41) is 8.22. The van der Waals surface area contributed by atoms with E-state index in [4.69, 9.17) is 5.73 Å². The molecule has 2 aromatic rings. The van der Waals surface area contributed by atoms with Crippen molar-refractivity contribution in [1.82, 2.24) is 19.6 Å². The minimum absolute atomic E-state index is 0.242. The number of fused-ring (bicyclic) bond motifs is 1. The quantitative estimate of drug-likeness (QED) is 0.727. The van der Waals surface area contributed by atoms with Gasteiger partial charge in [0, 0.05) is 31.5 Å². The van der Waals surface area contributed by atoms with Crippen LogP contribution in [0.5, 0.6) is 0 Å². The van der Waals surface area contributed by atoms with Crippen molar-refractivity contribution in [1.29, 1.82) is 0 Å². The van der Waals surface area contributed by atoms with Crippen LogP contribution < -0.4 is 10.6 Å². The molecule has 1 aliphatic rings. The average Bonchev–Trinajstić information content (AvgIpc) is 2.86. The molecule has 0 radical (unpaired) electrons. The first-order valence-electron chi connectivity index (χ1n) is 5.42. The maximum atomic E-state index is 5.90. The molecule has 0 aromatic carbocycles. The Labute approximate surface area is 93.1 Å². The molecule has 1 unspecified atom stereocenters. The third-order valence-electron chi connectivity index (χ3n) is 3.00. The van der Waals surface area contributed by atoms with Gasteiger partial charge in [0.1, 0.15) is 5.82 Å². The van der Waals surface area contributed by atoms with Gasteiger partial charge in [-0.1, -0.05) is 0 Å². The molecule has 0 aliphatic carbocycles. The molecular weight excluding hydrogens is 204 g/mol. The number of nitrogens with two attached hydrogens (primary N) is 1. The van der Waals surface area contributed by atoms with Gasteiger partial charge in [0.2, 0.25) is 5.65 Å². The minimum Gasteiger partial charge on any atom is -0.352 e. The third kappa shape index (κ3) is 1.34. The maximum absolute atomic E-state index is 5.90. The molecule has 0 bridgehead atoms. The number of hydrogen-bond donors (Lipinski definition) is 1. The van der Waals surface area contributed by atoms with Crippen LogP contribution in [0.2, 0.25) is 0 Å². The van der Waals surface area contributed by atoms with Gasteiger partial charge < -0.3 is 10.6 Å². The van der Waals surface area contributed by atoms with Gasteiger partial charge in [-0.25, -0.2) is 4.98 Å². The second-order valence-corrected chi connectivity index (χ2v) is 4.19. The van der Waals surface area contributed by atoms with Crippen molar-refractivity contribution in [2.45, 2.75) is 19.4 Å². The summed E-state index contributed by atoms with van der Waals surface area (Å²) in [6, 6.07) is 0.242. The van der Waals surface area contributed by atoms with Crippen LogP contribution in [0.25, 0.3) is 5.65 Å². The first-order valence-corrected chi connectivity index (χ1v) is 5.42. The van der Waals surface area contributed by atoms with Crippen LogP contribution in [-0.4, -0.2) is 38.7 Å². The molecule has 1 atom stereocenters. The van der Waals surface area contributed by atoms with E-state index in [2.05, 4.69) is 20.1 Å². The lowest BCUT2D eigenvalue weighted by Crippen LogP contribution is -2.27. The second kappa shape index (κ2) is 3.41. The van der Waals surface area contributed by atoms with Crippen LogP contribution >= 0.6 is 0 Å². The van der Waals surface area contributed by atoms with Crippen LogP contribution in [0.15, 0.2) is 12.4 Å². The summed E-state index contributed by atoms with van der Waals surface area (Å²) in [7, 11) is 0. The van der Waals surface area contributed by atoms with Crippen molar-refractivity contribution in [2.24, 2.45) is 5.73 Å². The molecule has 16 heavy (non-hydrogen) atoms. The van der Waals surface area contributed by atoms with E-state index in [1.165, 1.54) is 0 Å². The van der Waals surface area contributed by atoms with E-state index in [9.17, 15) is 0 Å². The fourth-order valence-electron chi connectivity index (χ4n) is 2.13. The predicted octanol–water partition coefficient (Wildman–Crippen LogP) is -0.0299. The van der Waals surface area contributed by atoms with Gasteiger partial charge in [-0.15, -0.1) is 10.2 Å². The molecule has 1 saturated heterocycles. The number of hydrogen-bond acceptors (Lipinski definition) is 5. The lowest BCUT2D eigenvalue weighted by Gasteiger charge is -2.16. The zero-order chi connectivity index (χ0) is 11.1. The highest BCUT2D eigenvalue weighted by Crippen LogP contribution is 2.21. The molecule has 1 fully saturated rings. The van der Waals surface area contributed by atoms with Crippen LogP contribution in [0, 0.1) is 6.92 Å². The maximum Gasteiger partial charge on any atom is 0.203 e. The van der Waals surface area contributed by atoms with Crippen LogP contribution in [0.1, 0.15) is 12.2 Å². The summed E-state index contributed by atoms with van der Waals surface area (Å²) in [4.78, 5) is 6.56. The third-order valence-corrected chi connectivity index (χ3v) is 3.00. The van der Waals surface area contributed by atoms with Gasteiger partial charge in [0.05, 0.1) is 0 Å². The SMILES string of the molecule is Cc1nnc2c(N3CCC(N)C3)nccn12. The van der Waals surface area contributed by atoms with Gasteiger partial charge in [0.25, 0.3) is 0 Å². The van der Waals surface area contributed by atoms with Crippen LogP contribution in [0.3, 0.4) is 0 Å². The summed E-state index contributed by atoms with van der Waals surface area (Å²) < 4.78 is 1.95. The lowest BCUT2D eigenvalue weighted by atomic mass is 10.3. The fraction of sp³-hybridized carbons (Fsp3) is 0.500. The Bertz CT molecular complexity index is 519. The molecule has 1 aliphatic heterocycles. The van der Waals surface area contributed by atoms with Crippen LogP contribution in [-0.2, 0) is 0 Å². The first kappa shape index (κ1) is 9.53. The molecule has 0 spiro atoms. The fourth-order valence-corrected chi connectivity index (χ4v) is 2.13. The lowest BCUT2D eigenvalue weighted by molar-refractivity contribution is 0.751. The largest absolute Gasteiger partial charge is 0.352 e. The number of aromatic nitrogens is 4. The van der Waals surface area contributed by atoms with E-state index < -0.39 is 0 Å². The summed E-state index contributed by atoms with van der Waals surface area (Å²) >= 11 is 0.